The fourth-order valence-electron chi connectivity index (χ4n) is 1.74. The number of hydrogen-bond donors (Lipinski definition) is 1. The first-order valence-electron chi connectivity index (χ1n) is 5.57. The van der Waals surface area contributed by atoms with Crippen molar-refractivity contribution >= 4 is 26.0 Å². The van der Waals surface area contributed by atoms with E-state index in [2.05, 4.69) is 32.7 Å². The van der Waals surface area contributed by atoms with Gasteiger partial charge in [-0.2, -0.15) is 5.10 Å². The maximum Gasteiger partial charge on any atom is 0.244 e. The van der Waals surface area contributed by atoms with E-state index in [4.69, 9.17) is 0 Å². The molecule has 96 valence electrons. The average molecular weight is 322 g/mol. The summed E-state index contributed by atoms with van der Waals surface area (Å²) >= 11 is 3.22. The maximum absolute atomic E-state index is 12.1. The van der Waals surface area contributed by atoms with Gasteiger partial charge in [-0.3, -0.25) is 4.68 Å². The van der Waals surface area contributed by atoms with Crippen molar-refractivity contribution in [2.45, 2.75) is 31.1 Å². The summed E-state index contributed by atoms with van der Waals surface area (Å²) in [5.41, 5.74) is 0.196. The van der Waals surface area contributed by atoms with Crippen LogP contribution in [-0.4, -0.2) is 24.7 Å². The predicted octanol–water partition coefficient (Wildman–Crippen LogP) is 1.65. The zero-order valence-electron chi connectivity index (χ0n) is 9.90. The van der Waals surface area contributed by atoms with E-state index in [0.29, 0.717) is 11.1 Å². The number of aromatic nitrogens is 2. The largest absolute Gasteiger partial charge is 0.260 e. The van der Waals surface area contributed by atoms with Gasteiger partial charge in [-0.15, -0.1) is 0 Å². The van der Waals surface area contributed by atoms with Crippen LogP contribution in [0.15, 0.2) is 15.7 Å². The lowest BCUT2D eigenvalue weighted by Gasteiger charge is -2.13. The Labute approximate surface area is 110 Å². The molecule has 0 spiro atoms. The highest BCUT2D eigenvalue weighted by Crippen LogP contribution is 2.48. The van der Waals surface area contributed by atoms with E-state index in [1.165, 1.54) is 10.9 Å². The second-order valence-electron chi connectivity index (χ2n) is 4.60. The Kier molecular flexibility index (Phi) is 3.35. The zero-order chi connectivity index (χ0) is 12.7. The van der Waals surface area contributed by atoms with Crippen LogP contribution in [0.3, 0.4) is 0 Å². The van der Waals surface area contributed by atoms with Gasteiger partial charge >= 0.3 is 0 Å². The van der Waals surface area contributed by atoms with Crippen molar-refractivity contribution in [2.75, 3.05) is 6.54 Å². The summed E-state index contributed by atoms with van der Waals surface area (Å²) in [5.74, 6) is 0. The fourth-order valence-corrected chi connectivity index (χ4v) is 3.77. The lowest BCUT2D eigenvalue weighted by Crippen LogP contribution is -2.30. The highest BCUT2D eigenvalue weighted by atomic mass is 79.9. The molecule has 1 aromatic heterocycles. The standard InChI is InChI=1S/C10H16BrN3O2S/c1-3-10(4-5-10)7-13-17(15,16)8-6-12-14(2)9(8)11/h6,13H,3-5,7H2,1-2H3. The van der Waals surface area contributed by atoms with Crippen LogP contribution in [0.1, 0.15) is 26.2 Å². The summed E-state index contributed by atoms with van der Waals surface area (Å²) in [6.45, 7) is 2.62. The molecule has 1 fully saturated rings. The zero-order valence-corrected chi connectivity index (χ0v) is 12.3. The van der Waals surface area contributed by atoms with E-state index in [1.54, 1.807) is 7.05 Å². The molecule has 7 heteroatoms. The molecule has 1 aromatic rings. The van der Waals surface area contributed by atoms with Crippen LogP contribution in [-0.2, 0) is 17.1 Å². The van der Waals surface area contributed by atoms with Crippen molar-refractivity contribution < 1.29 is 8.42 Å². The highest BCUT2D eigenvalue weighted by molar-refractivity contribution is 9.10. The third-order valence-electron chi connectivity index (χ3n) is 3.47. The molecule has 0 unspecified atom stereocenters. The van der Waals surface area contributed by atoms with Gasteiger partial charge in [0.15, 0.2) is 0 Å². The van der Waals surface area contributed by atoms with Crippen molar-refractivity contribution in [1.82, 2.24) is 14.5 Å². The van der Waals surface area contributed by atoms with Crippen LogP contribution >= 0.6 is 15.9 Å². The van der Waals surface area contributed by atoms with Crippen LogP contribution in [0.25, 0.3) is 0 Å². The second kappa shape index (κ2) is 4.37. The summed E-state index contributed by atoms with van der Waals surface area (Å²) in [6.07, 6.45) is 4.60. The summed E-state index contributed by atoms with van der Waals surface area (Å²) in [5, 5.41) is 3.91. The minimum atomic E-state index is -3.45. The number of hydrogen-bond acceptors (Lipinski definition) is 3. The smallest absolute Gasteiger partial charge is 0.244 e. The van der Waals surface area contributed by atoms with Gasteiger partial charge in [0, 0.05) is 13.6 Å². The summed E-state index contributed by atoms with van der Waals surface area (Å²) < 4.78 is 28.8. The number of rotatable bonds is 5. The SMILES string of the molecule is CCC1(CNS(=O)(=O)c2cnn(C)c2Br)CC1. The van der Waals surface area contributed by atoms with Gasteiger partial charge in [-0.05, 0) is 40.6 Å². The van der Waals surface area contributed by atoms with Crippen LogP contribution < -0.4 is 4.72 Å². The van der Waals surface area contributed by atoms with Crippen molar-refractivity contribution in [3.8, 4) is 0 Å². The summed E-state index contributed by atoms with van der Waals surface area (Å²) in [7, 11) is -1.76. The van der Waals surface area contributed by atoms with Crippen molar-refractivity contribution in [3.63, 3.8) is 0 Å². The third kappa shape index (κ3) is 2.56. The van der Waals surface area contributed by atoms with Crippen molar-refractivity contribution in [3.05, 3.63) is 10.8 Å². The molecule has 1 aliphatic rings. The number of sulfonamides is 1. The first-order valence-corrected chi connectivity index (χ1v) is 7.85. The molecule has 1 N–H and O–H groups in total. The minimum Gasteiger partial charge on any atom is -0.260 e. The molecule has 0 aliphatic heterocycles. The number of nitrogens with zero attached hydrogens (tertiary/aromatic N) is 2. The highest BCUT2D eigenvalue weighted by Gasteiger charge is 2.41. The van der Waals surface area contributed by atoms with Crippen LogP contribution in [0.2, 0.25) is 0 Å². The summed E-state index contributed by atoms with van der Waals surface area (Å²) in [6, 6.07) is 0. The molecule has 0 amide bonds. The average Bonchev–Trinajstić information content (AvgIpc) is 2.99. The van der Waals surface area contributed by atoms with Gasteiger partial charge in [0.1, 0.15) is 9.50 Å². The number of aryl methyl sites for hydroxylation is 1. The molecule has 0 saturated heterocycles. The van der Waals surface area contributed by atoms with Gasteiger partial charge in [-0.1, -0.05) is 6.92 Å². The Morgan fingerprint density at radius 1 is 1.59 bits per heavy atom. The fraction of sp³-hybridized carbons (Fsp3) is 0.700. The lowest BCUT2D eigenvalue weighted by atomic mass is 10.1. The Morgan fingerprint density at radius 2 is 2.24 bits per heavy atom. The van der Waals surface area contributed by atoms with Crippen molar-refractivity contribution in [2.24, 2.45) is 12.5 Å². The Morgan fingerprint density at radius 3 is 2.65 bits per heavy atom. The topological polar surface area (TPSA) is 64.0 Å². The monoisotopic (exact) mass is 321 g/mol. The molecule has 1 aliphatic carbocycles. The Bertz CT molecular complexity index is 520. The van der Waals surface area contributed by atoms with Crippen LogP contribution in [0, 0.1) is 5.41 Å². The molecular formula is C10H16BrN3O2S. The molecule has 2 rings (SSSR count). The van der Waals surface area contributed by atoms with Crippen LogP contribution in [0.5, 0.6) is 0 Å². The van der Waals surface area contributed by atoms with E-state index in [-0.39, 0.29) is 10.3 Å². The number of halogens is 1. The first kappa shape index (κ1) is 13.0. The van der Waals surface area contributed by atoms with E-state index in [9.17, 15) is 8.42 Å². The molecule has 0 atom stereocenters. The normalized spacial score (nSPS) is 18.3. The molecule has 0 radical (unpaired) electrons. The van der Waals surface area contributed by atoms with Gasteiger partial charge in [-0.25, -0.2) is 13.1 Å². The lowest BCUT2D eigenvalue weighted by molar-refractivity contribution is 0.475. The Balaban J connectivity index is 2.12. The first-order chi connectivity index (χ1) is 7.90. The quantitative estimate of drug-likeness (QED) is 0.896. The molecule has 0 bridgehead atoms. The molecular weight excluding hydrogens is 306 g/mol. The minimum absolute atomic E-state index is 0.196. The summed E-state index contributed by atoms with van der Waals surface area (Å²) in [4.78, 5) is 0.201. The molecule has 5 nitrogen and oxygen atoms in total. The number of nitrogens with one attached hydrogen (secondary N) is 1. The van der Waals surface area contributed by atoms with Gasteiger partial charge in [0.25, 0.3) is 0 Å². The van der Waals surface area contributed by atoms with Crippen LogP contribution in [0.4, 0.5) is 0 Å². The Hall–Kier alpha value is -0.400. The van der Waals surface area contributed by atoms with E-state index in [1.807, 2.05) is 0 Å². The maximum atomic E-state index is 12.1. The van der Waals surface area contributed by atoms with E-state index in [0.717, 1.165) is 19.3 Å². The molecule has 17 heavy (non-hydrogen) atoms. The predicted molar refractivity (Wildman–Crippen MR) is 68.1 cm³/mol. The molecule has 0 aromatic carbocycles. The van der Waals surface area contributed by atoms with Gasteiger partial charge in [0.05, 0.1) is 6.20 Å². The second-order valence-corrected chi connectivity index (χ2v) is 7.09. The van der Waals surface area contributed by atoms with E-state index >= 15 is 0 Å². The van der Waals surface area contributed by atoms with Gasteiger partial charge < -0.3 is 0 Å². The van der Waals surface area contributed by atoms with Gasteiger partial charge in [0.2, 0.25) is 10.0 Å². The third-order valence-corrected chi connectivity index (χ3v) is 6.07. The molecule has 1 heterocycles. The van der Waals surface area contributed by atoms with E-state index < -0.39 is 10.0 Å². The van der Waals surface area contributed by atoms with Crippen molar-refractivity contribution in [1.29, 1.82) is 0 Å². The molecule has 1 saturated carbocycles.